The SMILES string of the molecule is Cc1cc(Oc2ccc(Br)cc2F)ccc1CCl. The maximum absolute atomic E-state index is 13.6. The average Bonchev–Trinajstić information content (AvgIpc) is 2.33. The van der Waals surface area contributed by atoms with Crippen molar-refractivity contribution in [1.29, 1.82) is 0 Å². The molecule has 0 spiro atoms. The Balaban J connectivity index is 2.26. The summed E-state index contributed by atoms with van der Waals surface area (Å²) in [4.78, 5) is 0. The van der Waals surface area contributed by atoms with Crippen molar-refractivity contribution in [2.24, 2.45) is 0 Å². The van der Waals surface area contributed by atoms with E-state index in [0.29, 0.717) is 16.1 Å². The lowest BCUT2D eigenvalue weighted by atomic mass is 10.1. The minimum absolute atomic E-state index is 0.205. The Morgan fingerprint density at radius 2 is 2.00 bits per heavy atom. The molecule has 0 aromatic heterocycles. The molecule has 2 aromatic carbocycles. The van der Waals surface area contributed by atoms with Gasteiger partial charge in [0.25, 0.3) is 0 Å². The molecule has 0 aliphatic carbocycles. The highest BCUT2D eigenvalue weighted by molar-refractivity contribution is 9.10. The van der Waals surface area contributed by atoms with E-state index in [2.05, 4.69) is 15.9 Å². The van der Waals surface area contributed by atoms with Crippen molar-refractivity contribution < 1.29 is 9.13 Å². The molecule has 94 valence electrons. The van der Waals surface area contributed by atoms with Crippen LogP contribution >= 0.6 is 27.5 Å². The lowest BCUT2D eigenvalue weighted by Crippen LogP contribution is -1.91. The van der Waals surface area contributed by atoms with Crippen LogP contribution in [0.5, 0.6) is 11.5 Å². The van der Waals surface area contributed by atoms with Crippen molar-refractivity contribution in [1.82, 2.24) is 0 Å². The van der Waals surface area contributed by atoms with Gasteiger partial charge in [0.15, 0.2) is 11.6 Å². The molecule has 4 heteroatoms. The van der Waals surface area contributed by atoms with Crippen molar-refractivity contribution in [2.45, 2.75) is 12.8 Å². The summed E-state index contributed by atoms with van der Waals surface area (Å²) in [7, 11) is 0. The fourth-order valence-corrected chi connectivity index (χ4v) is 2.20. The molecule has 0 aliphatic heterocycles. The van der Waals surface area contributed by atoms with Gasteiger partial charge in [0, 0.05) is 10.4 Å². The van der Waals surface area contributed by atoms with Crippen LogP contribution in [0.3, 0.4) is 0 Å². The second-order valence-electron chi connectivity index (χ2n) is 3.90. The van der Waals surface area contributed by atoms with Gasteiger partial charge < -0.3 is 4.74 Å². The second-order valence-corrected chi connectivity index (χ2v) is 5.08. The fourth-order valence-electron chi connectivity index (χ4n) is 1.57. The van der Waals surface area contributed by atoms with Gasteiger partial charge in [-0.05, 0) is 48.4 Å². The Kier molecular flexibility index (Phi) is 4.25. The molecule has 0 saturated heterocycles. The average molecular weight is 330 g/mol. The first kappa shape index (κ1) is 13.4. The fraction of sp³-hybridized carbons (Fsp3) is 0.143. The molecule has 0 amide bonds. The standard InChI is InChI=1S/C14H11BrClFO/c1-9-6-12(4-2-10(9)8-16)18-14-5-3-11(15)7-13(14)17/h2-7H,8H2,1H3. The Labute approximate surface area is 119 Å². The molecule has 2 rings (SSSR count). The third kappa shape index (κ3) is 3.03. The zero-order valence-corrected chi connectivity index (χ0v) is 12.1. The van der Waals surface area contributed by atoms with Gasteiger partial charge in [-0.25, -0.2) is 4.39 Å². The molecular formula is C14H11BrClFO. The minimum Gasteiger partial charge on any atom is -0.454 e. The van der Waals surface area contributed by atoms with Crippen LogP contribution in [-0.4, -0.2) is 0 Å². The quantitative estimate of drug-likeness (QED) is 0.682. The molecule has 0 atom stereocenters. The largest absolute Gasteiger partial charge is 0.454 e. The predicted molar refractivity (Wildman–Crippen MR) is 74.9 cm³/mol. The van der Waals surface area contributed by atoms with Crippen LogP contribution in [0, 0.1) is 12.7 Å². The topological polar surface area (TPSA) is 9.23 Å². The summed E-state index contributed by atoms with van der Waals surface area (Å²) >= 11 is 8.98. The third-order valence-corrected chi connectivity index (χ3v) is 3.36. The molecule has 0 aliphatic rings. The van der Waals surface area contributed by atoms with E-state index in [1.165, 1.54) is 6.07 Å². The van der Waals surface area contributed by atoms with Crippen LogP contribution < -0.4 is 4.74 Å². The number of halogens is 3. The Hall–Kier alpha value is -1.06. The molecule has 1 nitrogen and oxygen atoms in total. The van der Waals surface area contributed by atoms with Gasteiger partial charge in [-0.15, -0.1) is 11.6 Å². The highest BCUT2D eigenvalue weighted by atomic mass is 79.9. The van der Waals surface area contributed by atoms with Crippen LogP contribution in [0.15, 0.2) is 40.9 Å². The summed E-state index contributed by atoms with van der Waals surface area (Å²) in [6.45, 7) is 1.95. The van der Waals surface area contributed by atoms with E-state index in [4.69, 9.17) is 16.3 Å². The lowest BCUT2D eigenvalue weighted by Gasteiger charge is -2.09. The summed E-state index contributed by atoms with van der Waals surface area (Å²) in [6.07, 6.45) is 0. The number of rotatable bonds is 3. The predicted octanol–water partition coefficient (Wildman–Crippen LogP) is 5.43. The van der Waals surface area contributed by atoms with Gasteiger partial charge >= 0.3 is 0 Å². The van der Waals surface area contributed by atoms with E-state index < -0.39 is 5.82 Å². The first-order valence-corrected chi connectivity index (χ1v) is 6.71. The van der Waals surface area contributed by atoms with Gasteiger partial charge in [-0.2, -0.15) is 0 Å². The summed E-state index contributed by atoms with van der Waals surface area (Å²) in [5, 5.41) is 0. The Morgan fingerprint density at radius 3 is 2.61 bits per heavy atom. The van der Waals surface area contributed by atoms with Crippen molar-refractivity contribution in [2.75, 3.05) is 0 Å². The highest BCUT2D eigenvalue weighted by Gasteiger charge is 2.06. The van der Waals surface area contributed by atoms with Crippen molar-refractivity contribution in [3.05, 3.63) is 57.8 Å². The van der Waals surface area contributed by atoms with Crippen LogP contribution in [-0.2, 0) is 5.88 Å². The number of hydrogen-bond donors (Lipinski definition) is 0. The molecule has 0 radical (unpaired) electrons. The van der Waals surface area contributed by atoms with E-state index in [9.17, 15) is 4.39 Å². The Morgan fingerprint density at radius 1 is 1.22 bits per heavy atom. The molecule has 2 aromatic rings. The summed E-state index contributed by atoms with van der Waals surface area (Å²) in [6, 6.07) is 10.2. The molecule has 0 unspecified atom stereocenters. The Bertz CT molecular complexity index is 572. The van der Waals surface area contributed by atoms with Gasteiger partial charge in [0.1, 0.15) is 5.75 Å². The molecular weight excluding hydrogens is 319 g/mol. The van der Waals surface area contributed by atoms with Crippen molar-refractivity contribution >= 4 is 27.5 Å². The second kappa shape index (κ2) is 5.72. The van der Waals surface area contributed by atoms with E-state index in [-0.39, 0.29) is 5.75 Å². The molecule has 18 heavy (non-hydrogen) atoms. The maximum Gasteiger partial charge on any atom is 0.166 e. The normalized spacial score (nSPS) is 10.4. The molecule has 0 bridgehead atoms. The van der Waals surface area contributed by atoms with Crippen LogP contribution in [0.2, 0.25) is 0 Å². The minimum atomic E-state index is -0.400. The van der Waals surface area contributed by atoms with E-state index in [1.54, 1.807) is 18.2 Å². The summed E-state index contributed by atoms with van der Waals surface area (Å²) < 4.78 is 19.8. The maximum atomic E-state index is 13.6. The first-order valence-electron chi connectivity index (χ1n) is 5.38. The highest BCUT2D eigenvalue weighted by Crippen LogP contribution is 2.28. The number of hydrogen-bond acceptors (Lipinski definition) is 1. The summed E-state index contributed by atoms with van der Waals surface area (Å²) in [5.41, 5.74) is 2.07. The van der Waals surface area contributed by atoms with Crippen LogP contribution in [0.25, 0.3) is 0 Å². The summed E-state index contributed by atoms with van der Waals surface area (Å²) in [5.74, 6) is 0.862. The van der Waals surface area contributed by atoms with E-state index in [1.807, 2.05) is 19.1 Å². The van der Waals surface area contributed by atoms with Crippen LogP contribution in [0.4, 0.5) is 4.39 Å². The number of alkyl halides is 1. The van der Waals surface area contributed by atoms with Gasteiger partial charge in [-0.1, -0.05) is 22.0 Å². The van der Waals surface area contributed by atoms with Gasteiger partial charge in [0.2, 0.25) is 0 Å². The van der Waals surface area contributed by atoms with Gasteiger partial charge in [-0.3, -0.25) is 0 Å². The third-order valence-electron chi connectivity index (χ3n) is 2.58. The van der Waals surface area contributed by atoms with E-state index in [0.717, 1.165) is 11.1 Å². The zero-order valence-electron chi connectivity index (χ0n) is 9.71. The van der Waals surface area contributed by atoms with Crippen LogP contribution in [0.1, 0.15) is 11.1 Å². The molecule has 0 saturated carbocycles. The number of ether oxygens (including phenoxy) is 1. The smallest absolute Gasteiger partial charge is 0.166 e. The molecule has 0 N–H and O–H groups in total. The first-order chi connectivity index (χ1) is 8.60. The van der Waals surface area contributed by atoms with Crippen molar-refractivity contribution in [3.63, 3.8) is 0 Å². The number of benzene rings is 2. The van der Waals surface area contributed by atoms with Gasteiger partial charge in [0.05, 0.1) is 0 Å². The molecule has 0 heterocycles. The number of aryl methyl sites for hydroxylation is 1. The lowest BCUT2D eigenvalue weighted by molar-refractivity contribution is 0.441. The molecule has 0 fully saturated rings. The zero-order chi connectivity index (χ0) is 13.1. The van der Waals surface area contributed by atoms with E-state index >= 15 is 0 Å². The van der Waals surface area contributed by atoms with Crippen molar-refractivity contribution in [3.8, 4) is 11.5 Å². The monoisotopic (exact) mass is 328 g/mol.